The van der Waals surface area contributed by atoms with Gasteiger partial charge in [0.2, 0.25) is 0 Å². The molecule has 0 aliphatic carbocycles. The molecule has 0 rings (SSSR count). The minimum atomic E-state index is -3.23. The van der Waals surface area contributed by atoms with Gasteiger partial charge in [0, 0.05) is 7.37 Å². The Morgan fingerprint density at radius 2 is 1.11 bits per heavy atom. The minimum absolute atomic E-state index is 0.205. The number of hydrogen-bond donors (Lipinski definition) is 0. The van der Waals surface area contributed by atoms with Crippen LogP contribution in [-0.4, -0.2) is 12.3 Å². The van der Waals surface area contributed by atoms with E-state index < -0.39 is 7.37 Å². The van der Waals surface area contributed by atoms with E-state index in [9.17, 15) is 9.46 Å². The molecule has 0 aromatic carbocycles. The highest BCUT2D eigenvalue weighted by Gasteiger charge is 2.23. The average Bonchev–Trinajstić information content (AvgIpc) is 1.89. The lowest BCUT2D eigenvalue weighted by molar-refractivity contribution is -0.176. The van der Waals surface area contributed by atoms with Crippen LogP contribution in [0.2, 0.25) is 0 Å². The van der Waals surface area contributed by atoms with Crippen LogP contribution in [0.4, 0.5) is 0 Å². The zero-order valence-electron chi connectivity index (χ0n) is 14.2. The molecule has 0 spiro atoms. The molecule has 0 bridgehead atoms. The fraction of sp³-hybridized carbons (Fsp3) is 1.00. The molecule has 0 aliphatic rings. The van der Waals surface area contributed by atoms with Gasteiger partial charge in [-0.15, -0.1) is 0 Å². The molecule has 0 saturated heterocycles. The average molecular weight is 289 g/mol. The summed E-state index contributed by atoms with van der Waals surface area (Å²) >= 11 is 0. The summed E-state index contributed by atoms with van der Waals surface area (Å²) in [6, 6.07) is 0. The van der Waals surface area contributed by atoms with E-state index in [-0.39, 0.29) is 22.7 Å². The molecule has 0 radical (unpaired) electrons. The molecule has 19 heavy (non-hydrogen) atoms. The van der Waals surface area contributed by atoms with Crippen molar-refractivity contribution in [1.82, 2.24) is 0 Å². The minimum Gasteiger partial charge on any atom is -0.799 e. The van der Waals surface area contributed by atoms with Crippen molar-refractivity contribution in [2.24, 2.45) is 22.7 Å². The normalized spacial score (nSPS) is 17.3. The van der Waals surface area contributed by atoms with E-state index >= 15 is 0 Å². The van der Waals surface area contributed by atoms with Gasteiger partial charge in [0.25, 0.3) is 0 Å². The van der Waals surface area contributed by atoms with Crippen molar-refractivity contribution in [1.29, 1.82) is 0 Å². The third-order valence-electron chi connectivity index (χ3n) is 3.10. The van der Waals surface area contributed by atoms with Crippen LogP contribution in [0.25, 0.3) is 0 Å². The van der Waals surface area contributed by atoms with Crippen LogP contribution in [-0.2, 0) is 4.57 Å². The zero-order chi connectivity index (χ0) is 15.5. The Morgan fingerprint density at radius 3 is 1.32 bits per heavy atom. The Kier molecular flexibility index (Phi) is 6.83. The number of rotatable bonds is 6. The number of hydrogen-bond acceptors (Lipinski definition) is 2. The Labute approximate surface area is 120 Å². The molecule has 0 heterocycles. The van der Waals surface area contributed by atoms with E-state index in [4.69, 9.17) is 0 Å². The van der Waals surface area contributed by atoms with Crippen LogP contribution in [0.1, 0.15) is 68.2 Å². The smallest absolute Gasteiger partial charge is 0.0153 e. The van der Waals surface area contributed by atoms with Gasteiger partial charge >= 0.3 is 0 Å². The van der Waals surface area contributed by atoms with Crippen molar-refractivity contribution in [3.63, 3.8) is 0 Å². The first-order valence-electron chi connectivity index (χ1n) is 7.49. The van der Waals surface area contributed by atoms with Gasteiger partial charge in [-0.25, -0.2) is 0 Å². The summed E-state index contributed by atoms with van der Waals surface area (Å²) in [5, 5.41) is 0. The van der Waals surface area contributed by atoms with Gasteiger partial charge in [-0.3, -0.25) is 0 Å². The predicted octanol–water partition coefficient (Wildman–Crippen LogP) is 4.77. The maximum Gasteiger partial charge on any atom is 0.0153 e. The van der Waals surface area contributed by atoms with E-state index in [2.05, 4.69) is 55.4 Å². The molecule has 0 aromatic heterocycles. The van der Waals surface area contributed by atoms with Gasteiger partial charge in [0.1, 0.15) is 0 Å². The predicted molar refractivity (Wildman–Crippen MR) is 83.8 cm³/mol. The third-order valence-corrected chi connectivity index (χ3v) is 5.46. The fourth-order valence-corrected chi connectivity index (χ4v) is 5.55. The van der Waals surface area contributed by atoms with Gasteiger partial charge < -0.3 is 9.46 Å². The zero-order valence-corrected chi connectivity index (χ0v) is 15.1. The highest BCUT2D eigenvalue weighted by Crippen LogP contribution is 2.43. The molecule has 2 nitrogen and oxygen atoms in total. The van der Waals surface area contributed by atoms with E-state index in [0.717, 1.165) is 12.8 Å². The summed E-state index contributed by atoms with van der Waals surface area (Å²) in [7, 11) is -3.23. The summed E-state index contributed by atoms with van der Waals surface area (Å²) in [5.74, 6) is 0.510. The Morgan fingerprint density at radius 1 is 0.842 bits per heavy atom. The monoisotopic (exact) mass is 289 g/mol. The van der Waals surface area contributed by atoms with Crippen LogP contribution in [0, 0.1) is 22.7 Å². The molecule has 0 unspecified atom stereocenters. The quantitative estimate of drug-likeness (QED) is 0.661. The van der Waals surface area contributed by atoms with Crippen molar-refractivity contribution in [3.05, 3.63) is 0 Å². The molecular weight excluding hydrogens is 255 g/mol. The van der Waals surface area contributed by atoms with Gasteiger partial charge in [0.05, 0.1) is 0 Å². The van der Waals surface area contributed by atoms with Crippen molar-refractivity contribution >= 4 is 7.37 Å². The van der Waals surface area contributed by atoms with Crippen LogP contribution in [0.15, 0.2) is 0 Å². The van der Waals surface area contributed by atoms with Gasteiger partial charge in [0.15, 0.2) is 0 Å². The van der Waals surface area contributed by atoms with Crippen LogP contribution in [0.5, 0.6) is 0 Å². The van der Waals surface area contributed by atoms with Crippen molar-refractivity contribution in [2.75, 3.05) is 12.3 Å². The van der Waals surface area contributed by atoms with Crippen LogP contribution < -0.4 is 4.89 Å². The highest BCUT2D eigenvalue weighted by molar-refractivity contribution is 7.56. The second-order valence-corrected chi connectivity index (χ2v) is 11.3. The Balaban J connectivity index is 4.36. The van der Waals surface area contributed by atoms with Crippen molar-refractivity contribution in [3.8, 4) is 0 Å². The van der Waals surface area contributed by atoms with Crippen LogP contribution in [0.3, 0.4) is 0 Å². The molecule has 0 aromatic rings. The van der Waals surface area contributed by atoms with E-state index in [1.54, 1.807) is 0 Å². The molecule has 2 atom stereocenters. The van der Waals surface area contributed by atoms with E-state index in [1.165, 1.54) is 0 Å². The maximum atomic E-state index is 12.3. The standard InChI is InChI=1S/C16H35O2P/c1-13(9-15(3,4)5)11-19(17,18)12-14(2)10-16(6,7)8/h13-14H,9-12H2,1-8H3,(H,17,18)/p-1/t13-,14-/m1/s1. The largest absolute Gasteiger partial charge is 0.799 e. The molecule has 0 N–H and O–H groups in total. The molecule has 116 valence electrons. The van der Waals surface area contributed by atoms with E-state index in [0.29, 0.717) is 12.3 Å². The Bertz CT molecular complexity index is 282. The molecule has 0 fully saturated rings. The Hall–Kier alpha value is 0.190. The topological polar surface area (TPSA) is 40.1 Å². The lowest BCUT2D eigenvalue weighted by Crippen LogP contribution is -2.22. The fourth-order valence-electron chi connectivity index (χ4n) is 3.24. The maximum absolute atomic E-state index is 12.3. The summed E-state index contributed by atoms with van der Waals surface area (Å²) in [5.41, 5.74) is 0.410. The summed E-state index contributed by atoms with van der Waals surface area (Å²) in [6.45, 7) is 17.1. The summed E-state index contributed by atoms with van der Waals surface area (Å²) in [4.78, 5) is 12.3. The first-order chi connectivity index (χ1) is 8.20. The second kappa shape index (κ2) is 6.76. The first-order valence-corrected chi connectivity index (χ1v) is 9.49. The van der Waals surface area contributed by atoms with Crippen molar-refractivity contribution in [2.45, 2.75) is 68.2 Å². The molecule has 0 saturated carbocycles. The van der Waals surface area contributed by atoms with E-state index in [1.807, 2.05) is 0 Å². The van der Waals surface area contributed by atoms with Crippen LogP contribution >= 0.6 is 7.37 Å². The first kappa shape index (κ1) is 19.2. The highest BCUT2D eigenvalue weighted by atomic mass is 31.2. The van der Waals surface area contributed by atoms with Gasteiger partial charge in [-0.05, 0) is 47.8 Å². The molecule has 0 aliphatic heterocycles. The van der Waals surface area contributed by atoms with Gasteiger partial charge in [-0.1, -0.05) is 55.4 Å². The summed E-state index contributed by atoms with van der Waals surface area (Å²) in [6.07, 6.45) is 2.65. The van der Waals surface area contributed by atoms with Gasteiger partial charge in [-0.2, -0.15) is 0 Å². The molecular formula is C16H34O2P-. The molecule has 0 amide bonds. The second-order valence-electron chi connectivity index (χ2n) is 8.92. The lowest BCUT2D eigenvalue weighted by Gasteiger charge is -2.33. The van der Waals surface area contributed by atoms with Crippen molar-refractivity contribution < 1.29 is 9.46 Å². The third kappa shape index (κ3) is 11.7. The SMILES string of the molecule is C[C@H](CC(C)(C)C)CP(=O)([O-])C[C@H](C)CC(C)(C)C. The summed E-state index contributed by atoms with van der Waals surface area (Å²) < 4.78 is 12.3. The molecule has 3 heteroatoms. The lowest BCUT2D eigenvalue weighted by atomic mass is 9.86.